The third-order valence-electron chi connectivity index (χ3n) is 4.18. The molecule has 1 atom stereocenters. The summed E-state index contributed by atoms with van der Waals surface area (Å²) in [4.78, 5) is 12.0. The first-order chi connectivity index (χ1) is 10.7. The molecule has 0 N–H and O–H groups in total. The lowest BCUT2D eigenvalue weighted by molar-refractivity contribution is -0.145. The summed E-state index contributed by atoms with van der Waals surface area (Å²) in [5.74, 6) is 0.556. The lowest BCUT2D eigenvalue weighted by Crippen LogP contribution is -2.13. The molecule has 3 heteroatoms. The van der Waals surface area contributed by atoms with Gasteiger partial charge in [-0.2, -0.15) is 0 Å². The van der Waals surface area contributed by atoms with Crippen LogP contribution in [0.4, 0.5) is 0 Å². The molecule has 0 spiro atoms. The van der Waals surface area contributed by atoms with Crippen LogP contribution in [0.3, 0.4) is 0 Å². The van der Waals surface area contributed by atoms with E-state index in [0.717, 1.165) is 11.8 Å². The van der Waals surface area contributed by atoms with Crippen LogP contribution in [0.5, 0.6) is 0 Å². The van der Waals surface area contributed by atoms with Gasteiger partial charge >= 0.3 is 5.97 Å². The Morgan fingerprint density at radius 2 is 1.50 bits per heavy atom. The Morgan fingerprint density at radius 3 is 2.18 bits per heavy atom. The van der Waals surface area contributed by atoms with Crippen LogP contribution >= 0.6 is 15.9 Å². The predicted octanol–water partition coefficient (Wildman–Crippen LogP) is 6.65. The number of rotatable bonds is 16. The summed E-state index contributed by atoms with van der Waals surface area (Å²) >= 11 is 3.48. The van der Waals surface area contributed by atoms with Gasteiger partial charge in [-0.25, -0.2) is 0 Å². The highest BCUT2D eigenvalue weighted by atomic mass is 79.9. The highest BCUT2D eigenvalue weighted by Gasteiger charge is 2.14. The zero-order valence-corrected chi connectivity index (χ0v) is 16.5. The minimum atomic E-state index is 0.0251. The summed E-state index contributed by atoms with van der Waals surface area (Å²) in [6, 6.07) is 0. The average Bonchev–Trinajstić information content (AvgIpc) is 2.52. The van der Waals surface area contributed by atoms with E-state index in [9.17, 15) is 4.79 Å². The summed E-state index contributed by atoms with van der Waals surface area (Å²) in [6.07, 6.45) is 15.2. The van der Waals surface area contributed by atoms with Gasteiger partial charge in [0.05, 0.1) is 6.61 Å². The maximum absolute atomic E-state index is 12.0. The summed E-state index contributed by atoms with van der Waals surface area (Å²) < 4.78 is 5.41. The standard InChI is InChI=1S/C19H37BrO2/c1-3-5-7-8-12-16-22-19(21)17-18(13-6-4-2)14-10-9-11-15-20/h18H,3-17H2,1-2H3. The molecule has 0 aliphatic heterocycles. The molecule has 132 valence electrons. The number of carbonyl (C=O) groups excluding carboxylic acids is 1. The molecule has 0 aromatic rings. The Labute approximate surface area is 146 Å². The quantitative estimate of drug-likeness (QED) is 0.171. The van der Waals surface area contributed by atoms with Crippen LogP contribution < -0.4 is 0 Å². The normalized spacial score (nSPS) is 12.3. The van der Waals surface area contributed by atoms with Gasteiger partial charge in [-0.15, -0.1) is 0 Å². The Hall–Kier alpha value is -0.0500. The summed E-state index contributed by atoms with van der Waals surface area (Å²) in [6.45, 7) is 5.05. The van der Waals surface area contributed by atoms with Crippen molar-refractivity contribution >= 4 is 21.9 Å². The average molecular weight is 377 g/mol. The van der Waals surface area contributed by atoms with Gasteiger partial charge in [-0.1, -0.05) is 81.1 Å². The van der Waals surface area contributed by atoms with Crippen LogP contribution in [0, 0.1) is 5.92 Å². The maximum Gasteiger partial charge on any atom is 0.306 e. The van der Waals surface area contributed by atoms with Crippen molar-refractivity contribution in [1.29, 1.82) is 0 Å². The first-order valence-corrected chi connectivity index (χ1v) is 10.6. The Kier molecular flexibility index (Phi) is 17.3. The number of hydrogen-bond acceptors (Lipinski definition) is 2. The second kappa shape index (κ2) is 17.3. The summed E-state index contributed by atoms with van der Waals surface area (Å²) in [5.41, 5.74) is 0. The Balaban J connectivity index is 3.78. The molecule has 0 fully saturated rings. The van der Waals surface area contributed by atoms with Gasteiger partial charge in [0, 0.05) is 11.8 Å². The zero-order valence-electron chi connectivity index (χ0n) is 14.9. The third kappa shape index (κ3) is 14.9. The molecular weight excluding hydrogens is 340 g/mol. The lowest BCUT2D eigenvalue weighted by atomic mass is 9.92. The van der Waals surface area contributed by atoms with Crippen molar-refractivity contribution in [2.75, 3.05) is 11.9 Å². The smallest absolute Gasteiger partial charge is 0.306 e. The van der Waals surface area contributed by atoms with E-state index in [2.05, 4.69) is 29.8 Å². The van der Waals surface area contributed by atoms with Crippen LogP contribution in [0.15, 0.2) is 0 Å². The van der Waals surface area contributed by atoms with Gasteiger partial charge in [-0.3, -0.25) is 4.79 Å². The lowest BCUT2D eigenvalue weighted by Gasteiger charge is -2.16. The molecular formula is C19H37BrO2. The highest BCUT2D eigenvalue weighted by Crippen LogP contribution is 2.21. The summed E-state index contributed by atoms with van der Waals surface area (Å²) in [7, 11) is 0. The molecule has 0 aliphatic rings. The molecule has 0 saturated carbocycles. The van der Waals surface area contributed by atoms with E-state index in [4.69, 9.17) is 4.74 Å². The summed E-state index contributed by atoms with van der Waals surface area (Å²) in [5, 5.41) is 1.09. The fourth-order valence-electron chi connectivity index (χ4n) is 2.73. The monoisotopic (exact) mass is 376 g/mol. The fraction of sp³-hybridized carbons (Fsp3) is 0.947. The molecule has 0 aromatic carbocycles. The molecule has 0 radical (unpaired) electrons. The number of hydrogen-bond donors (Lipinski definition) is 0. The minimum Gasteiger partial charge on any atom is -0.466 e. The largest absolute Gasteiger partial charge is 0.466 e. The number of carbonyl (C=O) groups is 1. The second-order valence-corrected chi connectivity index (χ2v) is 7.18. The number of halogens is 1. The van der Waals surface area contributed by atoms with E-state index in [1.807, 2.05) is 0 Å². The predicted molar refractivity (Wildman–Crippen MR) is 99.6 cm³/mol. The molecule has 0 amide bonds. The molecule has 0 saturated heterocycles. The van der Waals surface area contributed by atoms with Gasteiger partial charge in [0.15, 0.2) is 0 Å². The van der Waals surface area contributed by atoms with E-state index in [0.29, 0.717) is 18.9 Å². The zero-order chi connectivity index (χ0) is 16.5. The van der Waals surface area contributed by atoms with Crippen LogP contribution in [0.25, 0.3) is 0 Å². The fourth-order valence-corrected chi connectivity index (χ4v) is 3.13. The van der Waals surface area contributed by atoms with Gasteiger partial charge in [-0.05, 0) is 31.6 Å². The number of esters is 1. The molecule has 0 bridgehead atoms. The minimum absolute atomic E-state index is 0.0251. The first-order valence-electron chi connectivity index (χ1n) is 9.46. The van der Waals surface area contributed by atoms with Crippen molar-refractivity contribution in [3.05, 3.63) is 0 Å². The number of alkyl halides is 1. The molecule has 2 nitrogen and oxygen atoms in total. The van der Waals surface area contributed by atoms with E-state index in [1.54, 1.807) is 0 Å². The molecule has 1 unspecified atom stereocenters. The Bertz CT molecular complexity index is 244. The van der Waals surface area contributed by atoms with E-state index >= 15 is 0 Å². The second-order valence-electron chi connectivity index (χ2n) is 6.39. The van der Waals surface area contributed by atoms with Crippen molar-refractivity contribution in [1.82, 2.24) is 0 Å². The van der Waals surface area contributed by atoms with Crippen molar-refractivity contribution in [2.45, 2.75) is 97.3 Å². The van der Waals surface area contributed by atoms with Gasteiger partial charge in [0.2, 0.25) is 0 Å². The van der Waals surface area contributed by atoms with Crippen molar-refractivity contribution < 1.29 is 9.53 Å². The van der Waals surface area contributed by atoms with Gasteiger partial charge in [0.1, 0.15) is 0 Å². The maximum atomic E-state index is 12.0. The third-order valence-corrected chi connectivity index (χ3v) is 4.74. The molecule has 0 rings (SSSR count). The van der Waals surface area contributed by atoms with E-state index in [-0.39, 0.29) is 5.97 Å². The van der Waals surface area contributed by atoms with E-state index < -0.39 is 0 Å². The molecule has 0 heterocycles. The van der Waals surface area contributed by atoms with Crippen molar-refractivity contribution in [3.8, 4) is 0 Å². The van der Waals surface area contributed by atoms with Crippen molar-refractivity contribution in [2.24, 2.45) is 5.92 Å². The topological polar surface area (TPSA) is 26.3 Å². The van der Waals surface area contributed by atoms with Crippen LogP contribution in [-0.4, -0.2) is 17.9 Å². The SMILES string of the molecule is CCCCCCCOC(=O)CC(CCCC)CCCCCBr. The van der Waals surface area contributed by atoms with Gasteiger partial charge < -0.3 is 4.74 Å². The van der Waals surface area contributed by atoms with Crippen molar-refractivity contribution in [3.63, 3.8) is 0 Å². The number of ether oxygens (including phenoxy) is 1. The molecule has 0 aliphatic carbocycles. The number of unbranched alkanes of at least 4 members (excludes halogenated alkanes) is 7. The van der Waals surface area contributed by atoms with Crippen LogP contribution in [0.1, 0.15) is 97.3 Å². The van der Waals surface area contributed by atoms with E-state index in [1.165, 1.54) is 70.6 Å². The molecule has 0 aromatic heterocycles. The van der Waals surface area contributed by atoms with Crippen LogP contribution in [-0.2, 0) is 9.53 Å². The van der Waals surface area contributed by atoms with Crippen LogP contribution in [0.2, 0.25) is 0 Å². The Morgan fingerprint density at radius 1 is 0.864 bits per heavy atom. The first kappa shape index (κ1) is 21.9. The highest BCUT2D eigenvalue weighted by molar-refractivity contribution is 9.09. The van der Waals surface area contributed by atoms with Gasteiger partial charge in [0.25, 0.3) is 0 Å². The molecule has 22 heavy (non-hydrogen) atoms.